The number of hydrogen-bond acceptors (Lipinski definition) is 6. The number of carbonyl (C=O) groups excluding carboxylic acids is 1. The molecule has 0 spiro atoms. The molecule has 0 saturated carbocycles. The van der Waals surface area contributed by atoms with Crippen molar-refractivity contribution in [1.82, 2.24) is 4.90 Å². The Labute approximate surface area is 225 Å². The number of amides is 1. The molecule has 7 nitrogen and oxygen atoms in total. The number of likely N-dealkylation sites (N-methyl/N-ethyl adjacent to an activating group) is 1. The molecule has 0 aromatic heterocycles. The van der Waals surface area contributed by atoms with Crippen LogP contribution in [0.2, 0.25) is 0 Å². The highest BCUT2D eigenvalue weighted by Crippen LogP contribution is 2.35. The van der Waals surface area contributed by atoms with Crippen molar-refractivity contribution in [2.24, 2.45) is 4.40 Å². The van der Waals surface area contributed by atoms with E-state index in [2.05, 4.69) is 11.3 Å². The van der Waals surface area contributed by atoms with Crippen molar-refractivity contribution < 1.29 is 22.7 Å². The second-order valence-corrected chi connectivity index (χ2v) is 11.3. The molecule has 1 saturated heterocycles. The first kappa shape index (κ1) is 28.8. The van der Waals surface area contributed by atoms with Gasteiger partial charge in [-0.3, -0.25) is 9.69 Å². The molecule has 0 N–H and O–H groups in total. The minimum Gasteiger partial charge on any atom is -0.493 e. The summed E-state index contributed by atoms with van der Waals surface area (Å²) < 4.78 is 41.2. The molecule has 2 aromatic rings. The Bertz CT molecular complexity index is 1240. The number of thioether (sulfide) groups is 1. The Hall–Kier alpha value is -2.78. The number of amidine groups is 1. The number of rotatable bonds is 13. The molecule has 0 unspecified atom stereocenters. The summed E-state index contributed by atoms with van der Waals surface area (Å²) in [6.45, 7) is 6.91. The standard InChI is InChI=1S/C28H36N2O5S2/c1-5-8-9-10-11-18-35-24-17-14-22(19-25(24)34-4)20-26-27(31)30(7-3)28(36-26)29-37(32,33)23-15-12-21(6-2)13-16-23/h12-17,19-20H,5-11,18H2,1-4H3/b26-20-,29-28?. The molecule has 1 fully saturated rings. The maximum absolute atomic E-state index is 13.0. The molecule has 200 valence electrons. The Morgan fingerprint density at radius 3 is 2.35 bits per heavy atom. The van der Waals surface area contributed by atoms with Crippen LogP contribution >= 0.6 is 11.8 Å². The molecule has 1 aliphatic rings. The number of sulfonamides is 1. The van der Waals surface area contributed by atoms with E-state index in [9.17, 15) is 13.2 Å². The van der Waals surface area contributed by atoms with Gasteiger partial charge in [-0.25, -0.2) is 0 Å². The number of unbranched alkanes of at least 4 members (excludes halogenated alkanes) is 4. The van der Waals surface area contributed by atoms with Gasteiger partial charge in [-0.05, 0) is 73.0 Å². The van der Waals surface area contributed by atoms with E-state index in [4.69, 9.17) is 9.47 Å². The normalized spacial score (nSPS) is 16.1. The number of hydrogen-bond donors (Lipinski definition) is 0. The lowest BCUT2D eigenvalue weighted by molar-refractivity contribution is -0.122. The number of benzene rings is 2. The molecule has 0 aliphatic carbocycles. The molecule has 2 aromatic carbocycles. The molecule has 1 heterocycles. The number of methoxy groups -OCH3 is 1. The summed E-state index contributed by atoms with van der Waals surface area (Å²) in [7, 11) is -2.37. The van der Waals surface area contributed by atoms with Crippen LogP contribution in [-0.4, -0.2) is 44.7 Å². The van der Waals surface area contributed by atoms with E-state index in [1.54, 1.807) is 44.4 Å². The lowest BCUT2D eigenvalue weighted by atomic mass is 10.1. The molecule has 0 radical (unpaired) electrons. The van der Waals surface area contributed by atoms with Crippen molar-refractivity contribution in [3.63, 3.8) is 0 Å². The Morgan fingerprint density at radius 1 is 0.973 bits per heavy atom. The van der Waals surface area contributed by atoms with Gasteiger partial charge in [-0.1, -0.05) is 57.7 Å². The van der Waals surface area contributed by atoms with Crippen molar-refractivity contribution in [2.75, 3.05) is 20.3 Å². The first-order valence-electron chi connectivity index (χ1n) is 12.8. The van der Waals surface area contributed by atoms with E-state index in [0.29, 0.717) is 29.6 Å². The Balaban J connectivity index is 1.77. The van der Waals surface area contributed by atoms with Gasteiger partial charge in [-0.2, -0.15) is 8.42 Å². The van der Waals surface area contributed by atoms with Crippen molar-refractivity contribution in [3.8, 4) is 11.5 Å². The first-order chi connectivity index (χ1) is 17.8. The second kappa shape index (κ2) is 13.7. The van der Waals surface area contributed by atoms with Gasteiger partial charge < -0.3 is 9.47 Å². The van der Waals surface area contributed by atoms with E-state index in [1.165, 1.54) is 24.2 Å². The van der Waals surface area contributed by atoms with Crippen LogP contribution in [0.1, 0.15) is 64.0 Å². The predicted molar refractivity (Wildman–Crippen MR) is 151 cm³/mol. The van der Waals surface area contributed by atoms with Crippen LogP contribution < -0.4 is 9.47 Å². The summed E-state index contributed by atoms with van der Waals surface area (Å²) in [5, 5.41) is 0.147. The molecule has 37 heavy (non-hydrogen) atoms. The summed E-state index contributed by atoms with van der Waals surface area (Å²) in [5.41, 5.74) is 1.79. The second-order valence-electron chi connectivity index (χ2n) is 8.68. The van der Waals surface area contributed by atoms with Crippen LogP contribution in [0.15, 0.2) is 56.7 Å². The zero-order valence-electron chi connectivity index (χ0n) is 22.0. The van der Waals surface area contributed by atoms with E-state index in [1.807, 2.05) is 25.1 Å². The SMILES string of the molecule is CCCCCCCOc1ccc(/C=C2\SC(=NS(=O)(=O)c3ccc(CC)cc3)N(CC)C2=O)cc1OC. The molecule has 0 atom stereocenters. The highest BCUT2D eigenvalue weighted by Gasteiger charge is 2.34. The van der Waals surface area contributed by atoms with E-state index >= 15 is 0 Å². The molecule has 1 aliphatic heterocycles. The zero-order valence-corrected chi connectivity index (χ0v) is 23.7. The van der Waals surface area contributed by atoms with E-state index in [-0.39, 0.29) is 16.0 Å². The van der Waals surface area contributed by atoms with Crippen molar-refractivity contribution in [3.05, 3.63) is 58.5 Å². The molecular weight excluding hydrogens is 508 g/mol. The summed E-state index contributed by atoms with van der Waals surface area (Å²) in [5.74, 6) is 0.954. The summed E-state index contributed by atoms with van der Waals surface area (Å²) >= 11 is 1.05. The monoisotopic (exact) mass is 544 g/mol. The zero-order chi connectivity index (χ0) is 26.8. The topological polar surface area (TPSA) is 85.3 Å². The van der Waals surface area contributed by atoms with E-state index in [0.717, 1.165) is 42.2 Å². The smallest absolute Gasteiger partial charge is 0.284 e. The lowest BCUT2D eigenvalue weighted by Gasteiger charge is -2.12. The summed E-state index contributed by atoms with van der Waals surface area (Å²) in [6.07, 6.45) is 8.31. The summed E-state index contributed by atoms with van der Waals surface area (Å²) in [6, 6.07) is 12.1. The third-order valence-corrected chi connectivity index (χ3v) is 8.43. The van der Waals surface area contributed by atoms with E-state index < -0.39 is 10.0 Å². The van der Waals surface area contributed by atoms with Crippen LogP contribution in [0, 0.1) is 0 Å². The highest BCUT2D eigenvalue weighted by atomic mass is 32.2. The van der Waals surface area contributed by atoms with Gasteiger partial charge in [0, 0.05) is 6.54 Å². The van der Waals surface area contributed by atoms with Gasteiger partial charge in [-0.15, -0.1) is 4.40 Å². The van der Waals surface area contributed by atoms with Gasteiger partial charge >= 0.3 is 0 Å². The quantitative estimate of drug-likeness (QED) is 0.218. The highest BCUT2D eigenvalue weighted by molar-refractivity contribution is 8.19. The van der Waals surface area contributed by atoms with Crippen molar-refractivity contribution in [1.29, 1.82) is 0 Å². The maximum atomic E-state index is 13.0. The minimum absolute atomic E-state index is 0.101. The fourth-order valence-corrected chi connectivity index (χ4v) is 6.08. The van der Waals surface area contributed by atoms with Gasteiger partial charge in [0.15, 0.2) is 16.7 Å². The fourth-order valence-electron chi connectivity index (χ4n) is 3.84. The fraction of sp³-hybridized carbons (Fsp3) is 0.429. The maximum Gasteiger partial charge on any atom is 0.284 e. The average molecular weight is 545 g/mol. The first-order valence-corrected chi connectivity index (χ1v) is 15.0. The molecule has 0 bridgehead atoms. The van der Waals surface area contributed by atoms with Gasteiger partial charge in [0.1, 0.15) is 0 Å². The summed E-state index contributed by atoms with van der Waals surface area (Å²) in [4.78, 5) is 14.9. The largest absolute Gasteiger partial charge is 0.493 e. The number of ether oxygens (including phenoxy) is 2. The lowest BCUT2D eigenvalue weighted by Crippen LogP contribution is -2.29. The van der Waals surface area contributed by atoms with Crippen LogP contribution in [0.3, 0.4) is 0 Å². The van der Waals surface area contributed by atoms with Gasteiger partial charge in [0.25, 0.3) is 15.9 Å². The predicted octanol–water partition coefficient (Wildman–Crippen LogP) is 6.29. The Kier molecular flexibility index (Phi) is 10.6. The van der Waals surface area contributed by atoms with Crippen LogP contribution in [0.5, 0.6) is 11.5 Å². The van der Waals surface area contributed by atoms with Gasteiger partial charge in [0.2, 0.25) is 0 Å². The van der Waals surface area contributed by atoms with Gasteiger partial charge in [0.05, 0.1) is 23.5 Å². The molecule has 1 amide bonds. The molecule has 3 rings (SSSR count). The third-order valence-electron chi connectivity index (χ3n) is 6.02. The Morgan fingerprint density at radius 2 is 1.70 bits per heavy atom. The van der Waals surface area contributed by atoms with Crippen molar-refractivity contribution >= 4 is 38.9 Å². The number of aryl methyl sites for hydroxylation is 1. The van der Waals surface area contributed by atoms with Crippen LogP contribution in [0.25, 0.3) is 6.08 Å². The minimum atomic E-state index is -3.95. The molecule has 9 heteroatoms. The molecular formula is C28H36N2O5S2. The number of carbonyl (C=O) groups is 1. The van der Waals surface area contributed by atoms with Crippen molar-refractivity contribution in [2.45, 2.75) is 64.2 Å². The number of nitrogens with zero attached hydrogens (tertiary/aromatic N) is 2. The van der Waals surface area contributed by atoms with Crippen LogP contribution in [0.4, 0.5) is 0 Å². The third kappa shape index (κ3) is 7.61. The average Bonchev–Trinajstić information content (AvgIpc) is 3.19. The van der Waals surface area contributed by atoms with Crippen LogP contribution in [-0.2, 0) is 21.2 Å².